The van der Waals surface area contributed by atoms with Gasteiger partial charge in [-0.3, -0.25) is 0 Å². The lowest BCUT2D eigenvalue weighted by Gasteiger charge is -2.23. The molecule has 2 aliphatic rings. The van der Waals surface area contributed by atoms with Crippen LogP contribution in [0.3, 0.4) is 0 Å². The molecule has 0 bridgehead atoms. The van der Waals surface area contributed by atoms with E-state index in [0.29, 0.717) is 11.5 Å². The minimum absolute atomic E-state index is 0.275. The van der Waals surface area contributed by atoms with Crippen molar-refractivity contribution in [3.05, 3.63) is 48.5 Å². The van der Waals surface area contributed by atoms with E-state index in [1.54, 1.807) is 0 Å². The monoisotopic (exact) mass is 381 g/mol. The third-order valence-electron chi connectivity index (χ3n) is 4.15. The van der Waals surface area contributed by atoms with Crippen molar-refractivity contribution in [1.82, 2.24) is 0 Å². The summed E-state index contributed by atoms with van der Waals surface area (Å²) in [5.74, 6) is 0.728. The number of hydrogen-bond acceptors (Lipinski definition) is 5. The molecule has 4 rings (SSSR count). The average Bonchev–Trinajstić information content (AvgIpc) is 3.52. The molecule has 2 aromatic rings. The smallest absolute Gasteiger partial charge is 0.457 e. The average molecular weight is 381 g/mol. The summed E-state index contributed by atoms with van der Waals surface area (Å²) in [7, 11) is 0. The molecule has 0 spiro atoms. The highest BCUT2D eigenvalue weighted by atomic mass is 19.4. The number of halogens is 3. The first-order valence-electron chi connectivity index (χ1n) is 8.56. The number of ether oxygens (including phenoxy) is 4. The highest BCUT2D eigenvalue weighted by Gasteiger charge is 2.31. The molecule has 0 aliphatic carbocycles. The minimum atomic E-state index is -4.71. The Balaban J connectivity index is 1.38. The summed E-state index contributed by atoms with van der Waals surface area (Å²) in [4.78, 5) is 2.22. The molecule has 0 radical (unpaired) electrons. The van der Waals surface area contributed by atoms with Gasteiger partial charge in [0.1, 0.15) is 17.2 Å². The number of alkyl halides is 3. The molecule has 2 aromatic carbocycles. The van der Waals surface area contributed by atoms with Gasteiger partial charge in [-0.2, -0.15) is 0 Å². The highest BCUT2D eigenvalue weighted by Crippen LogP contribution is 2.29. The Kier molecular flexibility index (Phi) is 4.84. The van der Waals surface area contributed by atoms with Crippen molar-refractivity contribution in [3.63, 3.8) is 0 Å². The molecule has 0 saturated carbocycles. The van der Waals surface area contributed by atoms with Gasteiger partial charge in [0.2, 0.25) is 0 Å². The zero-order chi connectivity index (χ0) is 18.9. The lowest BCUT2D eigenvalue weighted by atomic mass is 10.2. The molecule has 8 heteroatoms. The number of anilines is 1. The summed E-state index contributed by atoms with van der Waals surface area (Å²) >= 11 is 0. The minimum Gasteiger partial charge on any atom is -0.457 e. The van der Waals surface area contributed by atoms with E-state index in [1.807, 2.05) is 24.3 Å². The van der Waals surface area contributed by atoms with E-state index in [1.165, 1.54) is 24.3 Å². The Hall–Kier alpha value is -2.45. The Morgan fingerprint density at radius 1 is 0.815 bits per heavy atom. The van der Waals surface area contributed by atoms with Crippen molar-refractivity contribution >= 4 is 5.69 Å². The van der Waals surface area contributed by atoms with Crippen LogP contribution in [0.2, 0.25) is 0 Å². The third-order valence-corrected chi connectivity index (χ3v) is 4.15. The normalized spacial score (nSPS) is 20.9. The van der Waals surface area contributed by atoms with Crippen LogP contribution < -0.4 is 14.4 Å². The zero-order valence-corrected chi connectivity index (χ0v) is 14.3. The van der Waals surface area contributed by atoms with Gasteiger partial charge in [-0.25, -0.2) is 0 Å². The summed E-state index contributed by atoms with van der Waals surface area (Å²) < 4.78 is 56.7. The standard InChI is InChI=1S/C19H18F3NO4/c20-19(21,22)27-16-7-5-15(6-8-16)26-14-3-1-13(2-4-14)23(9-17-11-24-17)10-18-12-25-18/h1-8,17-18H,9-12H2. The van der Waals surface area contributed by atoms with E-state index in [9.17, 15) is 13.2 Å². The molecule has 2 saturated heterocycles. The first-order chi connectivity index (χ1) is 12.9. The van der Waals surface area contributed by atoms with Crippen molar-refractivity contribution in [1.29, 1.82) is 0 Å². The number of epoxide rings is 2. The molecular weight excluding hydrogens is 363 g/mol. The number of rotatable bonds is 8. The zero-order valence-electron chi connectivity index (χ0n) is 14.3. The largest absolute Gasteiger partial charge is 0.573 e. The van der Waals surface area contributed by atoms with Gasteiger partial charge in [0.25, 0.3) is 0 Å². The lowest BCUT2D eigenvalue weighted by molar-refractivity contribution is -0.274. The van der Waals surface area contributed by atoms with Gasteiger partial charge >= 0.3 is 6.36 Å². The van der Waals surface area contributed by atoms with Crippen LogP contribution in [0.15, 0.2) is 48.5 Å². The van der Waals surface area contributed by atoms with E-state index in [4.69, 9.17) is 14.2 Å². The molecule has 0 N–H and O–H groups in total. The second-order valence-corrected chi connectivity index (χ2v) is 6.43. The van der Waals surface area contributed by atoms with Gasteiger partial charge < -0.3 is 23.8 Å². The van der Waals surface area contributed by atoms with Gasteiger partial charge in [0, 0.05) is 18.8 Å². The van der Waals surface area contributed by atoms with Crippen molar-refractivity contribution in [3.8, 4) is 17.2 Å². The fourth-order valence-electron chi connectivity index (χ4n) is 2.69. The summed E-state index contributed by atoms with van der Waals surface area (Å²) in [5.41, 5.74) is 1.04. The van der Waals surface area contributed by atoms with Gasteiger partial charge in [0.15, 0.2) is 0 Å². The molecule has 2 aliphatic heterocycles. The molecule has 2 fully saturated rings. The van der Waals surface area contributed by atoms with Crippen molar-refractivity contribution in [2.24, 2.45) is 0 Å². The molecular formula is C19H18F3NO4. The topological polar surface area (TPSA) is 46.8 Å². The maximum atomic E-state index is 12.2. The van der Waals surface area contributed by atoms with Crippen LogP contribution in [-0.4, -0.2) is 44.9 Å². The van der Waals surface area contributed by atoms with E-state index < -0.39 is 6.36 Å². The molecule has 27 heavy (non-hydrogen) atoms. The van der Waals surface area contributed by atoms with Gasteiger partial charge in [0.05, 0.1) is 25.4 Å². The van der Waals surface area contributed by atoms with Crippen LogP contribution in [0.4, 0.5) is 18.9 Å². The Bertz CT molecular complexity index is 742. The molecule has 0 amide bonds. The van der Waals surface area contributed by atoms with Gasteiger partial charge in [-0.15, -0.1) is 13.2 Å². The molecule has 0 aromatic heterocycles. The van der Waals surface area contributed by atoms with E-state index >= 15 is 0 Å². The molecule has 2 atom stereocenters. The molecule has 2 unspecified atom stereocenters. The molecule has 2 heterocycles. The van der Waals surface area contributed by atoms with E-state index in [-0.39, 0.29) is 18.0 Å². The Labute approximate surface area is 154 Å². The third kappa shape index (κ3) is 5.51. The maximum Gasteiger partial charge on any atom is 0.573 e. The second-order valence-electron chi connectivity index (χ2n) is 6.43. The predicted molar refractivity (Wildman–Crippen MR) is 91.3 cm³/mol. The van der Waals surface area contributed by atoms with Crippen LogP contribution >= 0.6 is 0 Å². The highest BCUT2D eigenvalue weighted by molar-refractivity contribution is 5.50. The quantitative estimate of drug-likeness (QED) is 0.648. The predicted octanol–water partition coefficient (Wildman–Crippen LogP) is 3.98. The van der Waals surface area contributed by atoms with Gasteiger partial charge in [-0.1, -0.05) is 0 Å². The number of benzene rings is 2. The summed E-state index contributed by atoms with van der Waals surface area (Å²) in [6.07, 6.45) is -4.16. The summed E-state index contributed by atoms with van der Waals surface area (Å²) in [6.45, 7) is 3.22. The van der Waals surface area contributed by atoms with Crippen LogP contribution in [-0.2, 0) is 9.47 Å². The first kappa shape index (κ1) is 17.9. The van der Waals surface area contributed by atoms with Crippen LogP contribution in [0.1, 0.15) is 0 Å². The first-order valence-corrected chi connectivity index (χ1v) is 8.56. The molecule has 5 nitrogen and oxygen atoms in total. The van der Waals surface area contributed by atoms with Gasteiger partial charge in [-0.05, 0) is 48.5 Å². The second kappa shape index (κ2) is 7.28. The maximum absolute atomic E-state index is 12.2. The Morgan fingerprint density at radius 3 is 1.70 bits per heavy atom. The molecule has 144 valence electrons. The fraction of sp³-hybridized carbons (Fsp3) is 0.368. The van der Waals surface area contributed by atoms with E-state index in [2.05, 4.69) is 9.64 Å². The van der Waals surface area contributed by atoms with Crippen LogP contribution in [0, 0.1) is 0 Å². The fourth-order valence-corrected chi connectivity index (χ4v) is 2.69. The number of nitrogens with zero attached hydrogens (tertiary/aromatic N) is 1. The van der Waals surface area contributed by atoms with Crippen LogP contribution in [0.25, 0.3) is 0 Å². The van der Waals surface area contributed by atoms with E-state index in [0.717, 1.165) is 32.0 Å². The SMILES string of the molecule is FC(F)(F)Oc1ccc(Oc2ccc(N(CC3CO3)CC3CO3)cc2)cc1. The van der Waals surface area contributed by atoms with Crippen molar-refractivity contribution in [2.45, 2.75) is 18.6 Å². The number of hydrogen-bond donors (Lipinski definition) is 0. The summed E-state index contributed by atoms with van der Waals surface area (Å²) in [6, 6.07) is 12.8. The summed E-state index contributed by atoms with van der Waals surface area (Å²) in [5, 5.41) is 0. The van der Waals surface area contributed by atoms with Crippen molar-refractivity contribution < 1.29 is 32.1 Å². The Morgan fingerprint density at radius 2 is 1.26 bits per heavy atom. The lowest BCUT2D eigenvalue weighted by Crippen LogP contribution is -2.31. The van der Waals surface area contributed by atoms with Crippen LogP contribution in [0.5, 0.6) is 17.2 Å². The van der Waals surface area contributed by atoms with Crippen molar-refractivity contribution in [2.75, 3.05) is 31.2 Å².